The van der Waals surface area contributed by atoms with Gasteiger partial charge in [0.25, 0.3) is 21.6 Å². The molecule has 0 saturated heterocycles. The van der Waals surface area contributed by atoms with Gasteiger partial charge in [-0.15, -0.1) is 0 Å². The fourth-order valence-corrected chi connectivity index (χ4v) is 3.59. The van der Waals surface area contributed by atoms with E-state index in [4.69, 9.17) is 10.6 Å². The standard InChI is InChI=1S/C15H16N4O6S/c1-25-13-6-2-4-11(8-13)18(10-15(20)17-16)26(23,24)14-7-3-5-12(9-14)19(21)22/h2-9H,10,16H2,1H3,(H,17,20). The van der Waals surface area contributed by atoms with E-state index in [-0.39, 0.29) is 16.3 Å². The summed E-state index contributed by atoms with van der Waals surface area (Å²) in [6.07, 6.45) is 0. The molecule has 1 amide bonds. The maximum Gasteiger partial charge on any atom is 0.270 e. The number of nitrogens with zero attached hydrogens (tertiary/aromatic N) is 2. The van der Waals surface area contributed by atoms with Gasteiger partial charge in [-0.05, 0) is 18.2 Å². The number of hydrogen-bond acceptors (Lipinski definition) is 7. The van der Waals surface area contributed by atoms with Gasteiger partial charge >= 0.3 is 0 Å². The number of nitrogens with two attached hydrogens (primary N) is 1. The minimum atomic E-state index is -4.28. The summed E-state index contributed by atoms with van der Waals surface area (Å²) in [6, 6.07) is 10.6. The normalized spacial score (nSPS) is 10.8. The number of ether oxygens (including phenoxy) is 1. The number of rotatable bonds is 7. The molecule has 2 rings (SSSR count). The van der Waals surface area contributed by atoms with Crippen molar-refractivity contribution in [2.24, 2.45) is 5.84 Å². The number of benzene rings is 2. The lowest BCUT2D eigenvalue weighted by molar-refractivity contribution is -0.385. The van der Waals surface area contributed by atoms with Crippen LogP contribution >= 0.6 is 0 Å². The summed E-state index contributed by atoms with van der Waals surface area (Å²) < 4.78 is 31.9. The zero-order chi connectivity index (χ0) is 19.3. The van der Waals surface area contributed by atoms with E-state index in [9.17, 15) is 23.3 Å². The highest BCUT2D eigenvalue weighted by Gasteiger charge is 2.28. The number of nitro benzene ring substituents is 1. The molecule has 0 atom stereocenters. The molecule has 0 radical (unpaired) electrons. The summed E-state index contributed by atoms with van der Waals surface area (Å²) in [6.45, 7) is -0.616. The second-order valence-corrected chi connectivity index (χ2v) is 6.90. The Bertz CT molecular complexity index is 931. The molecular weight excluding hydrogens is 364 g/mol. The van der Waals surface area contributed by atoms with Crippen molar-refractivity contribution in [2.45, 2.75) is 4.90 Å². The Morgan fingerprint density at radius 3 is 2.58 bits per heavy atom. The molecule has 0 unspecified atom stereocenters. The number of methoxy groups -OCH3 is 1. The van der Waals surface area contributed by atoms with Crippen molar-refractivity contribution in [3.8, 4) is 5.75 Å². The van der Waals surface area contributed by atoms with Crippen molar-refractivity contribution < 1.29 is 22.9 Å². The quantitative estimate of drug-likeness (QED) is 0.312. The molecule has 2 aromatic carbocycles. The number of sulfonamides is 1. The van der Waals surface area contributed by atoms with Gasteiger partial charge in [0, 0.05) is 18.2 Å². The van der Waals surface area contributed by atoms with Crippen LogP contribution in [0, 0.1) is 10.1 Å². The van der Waals surface area contributed by atoms with E-state index in [2.05, 4.69) is 0 Å². The first-order valence-corrected chi connectivity index (χ1v) is 8.64. The smallest absolute Gasteiger partial charge is 0.270 e. The molecule has 26 heavy (non-hydrogen) atoms. The molecule has 0 bridgehead atoms. The molecule has 0 aromatic heterocycles. The third-order valence-corrected chi connectivity index (χ3v) is 5.18. The molecule has 3 N–H and O–H groups in total. The molecule has 138 valence electrons. The number of carbonyl (C=O) groups excluding carboxylic acids is 1. The Hall–Kier alpha value is -3.18. The largest absolute Gasteiger partial charge is 0.497 e. The highest BCUT2D eigenvalue weighted by molar-refractivity contribution is 7.92. The van der Waals surface area contributed by atoms with Crippen LogP contribution in [0.15, 0.2) is 53.4 Å². The fourth-order valence-electron chi connectivity index (χ4n) is 2.14. The minimum absolute atomic E-state index is 0.138. The first-order valence-electron chi connectivity index (χ1n) is 7.20. The molecule has 0 aliphatic heterocycles. The van der Waals surface area contributed by atoms with Crippen molar-refractivity contribution in [2.75, 3.05) is 18.0 Å². The van der Waals surface area contributed by atoms with Crippen molar-refractivity contribution in [1.29, 1.82) is 0 Å². The van der Waals surface area contributed by atoms with Crippen LogP contribution in [0.3, 0.4) is 0 Å². The molecule has 10 nitrogen and oxygen atoms in total. The monoisotopic (exact) mass is 380 g/mol. The van der Waals surface area contributed by atoms with Gasteiger partial charge in [-0.2, -0.15) is 0 Å². The molecule has 2 aromatic rings. The highest BCUT2D eigenvalue weighted by atomic mass is 32.2. The Morgan fingerprint density at radius 1 is 1.27 bits per heavy atom. The second kappa shape index (κ2) is 7.80. The summed E-state index contributed by atoms with van der Waals surface area (Å²) in [4.78, 5) is 21.6. The number of non-ortho nitro benzene ring substituents is 1. The lowest BCUT2D eigenvalue weighted by atomic mass is 10.3. The van der Waals surface area contributed by atoms with Crippen molar-refractivity contribution in [3.63, 3.8) is 0 Å². The zero-order valence-electron chi connectivity index (χ0n) is 13.7. The molecular formula is C15H16N4O6S. The Kier molecular flexibility index (Phi) is 5.75. The van der Waals surface area contributed by atoms with Gasteiger partial charge in [-0.1, -0.05) is 12.1 Å². The van der Waals surface area contributed by atoms with E-state index in [0.717, 1.165) is 10.4 Å². The van der Waals surface area contributed by atoms with Gasteiger partial charge in [-0.3, -0.25) is 24.6 Å². The highest BCUT2D eigenvalue weighted by Crippen LogP contribution is 2.28. The molecule has 0 spiro atoms. The van der Waals surface area contributed by atoms with Gasteiger partial charge in [0.15, 0.2) is 0 Å². The van der Waals surface area contributed by atoms with E-state index in [1.54, 1.807) is 12.1 Å². The molecule has 0 aliphatic rings. The van der Waals surface area contributed by atoms with E-state index >= 15 is 0 Å². The zero-order valence-corrected chi connectivity index (χ0v) is 14.5. The molecule has 11 heteroatoms. The SMILES string of the molecule is COc1cccc(N(CC(=O)NN)S(=O)(=O)c2cccc([N+](=O)[O-])c2)c1. The van der Waals surface area contributed by atoms with E-state index in [0.29, 0.717) is 5.75 Å². The average molecular weight is 380 g/mol. The predicted molar refractivity (Wildman–Crippen MR) is 93.0 cm³/mol. The number of nitrogens with one attached hydrogen (secondary N) is 1. The Morgan fingerprint density at radius 2 is 1.96 bits per heavy atom. The third-order valence-electron chi connectivity index (χ3n) is 3.41. The topological polar surface area (TPSA) is 145 Å². The van der Waals surface area contributed by atoms with Crippen LogP contribution in [0.5, 0.6) is 5.75 Å². The number of nitro groups is 1. The molecule has 0 heterocycles. The van der Waals surface area contributed by atoms with E-state index < -0.39 is 27.4 Å². The first-order chi connectivity index (χ1) is 12.3. The van der Waals surface area contributed by atoms with Gasteiger partial charge in [-0.25, -0.2) is 14.3 Å². The van der Waals surface area contributed by atoms with Crippen molar-refractivity contribution >= 4 is 27.3 Å². The maximum atomic E-state index is 13.0. The van der Waals surface area contributed by atoms with Crippen molar-refractivity contribution in [3.05, 3.63) is 58.6 Å². The van der Waals surface area contributed by atoms with E-state index in [1.165, 1.54) is 37.4 Å². The number of carbonyl (C=O) groups is 1. The van der Waals surface area contributed by atoms with Gasteiger partial charge < -0.3 is 4.74 Å². The summed E-state index contributed by atoms with van der Waals surface area (Å²) in [7, 11) is -2.88. The Labute approximate surface area is 149 Å². The van der Waals surface area contributed by atoms with E-state index in [1.807, 2.05) is 5.43 Å². The number of hydrazine groups is 1. The number of amides is 1. The Balaban J connectivity index is 2.57. The molecule has 0 saturated carbocycles. The van der Waals surface area contributed by atoms with Crippen LogP contribution in [-0.4, -0.2) is 32.9 Å². The fraction of sp³-hybridized carbons (Fsp3) is 0.133. The summed E-state index contributed by atoms with van der Waals surface area (Å²) in [5.41, 5.74) is 1.61. The number of anilines is 1. The van der Waals surface area contributed by atoms with Gasteiger partial charge in [0.05, 0.1) is 22.6 Å². The average Bonchev–Trinajstić information content (AvgIpc) is 2.65. The third kappa shape index (κ3) is 4.07. The predicted octanol–water partition coefficient (Wildman–Crippen LogP) is 0.789. The summed E-state index contributed by atoms with van der Waals surface area (Å²) in [5, 5.41) is 10.9. The van der Waals surface area contributed by atoms with Gasteiger partial charge in [0.1, 0.15) is 12.3 Å². The minimum Gasteiger partial charge on any atom is -0.497 e. The van der Waals surface area contributed by atoms with Crippen LogP contribution in [0.4, 0.5) is 11.4 Å². The lowest BCUT2D eigenvalue weighted by Crippen LogP contribution is -2.43. The van der Waals surface area contributed by atoms with Crippen LogP contribution in [0.2, 0.25) is 0 Å². The van der Waals surface area contributed by atoms with Crippen molar-refractivity contribution in [1.82, 2.24) is 5.43 Å². The maximum absolute atomic E-state index is 13.0. The van der Waals surface area contributed by atoms with Crippen LogP contribution in [-0.2, 0) is 14.8 Å². The molecule has 0 fully saturated rings. The first kappa shape index (κ1) is 19.1. The van der Waals surface area contributed by atoms with Gasteiger partial charge in [0.2, 0.25) is 0 Å². The number of hydrogen-bond donors (Lipinski definition) is 2. The lowest BCUT2D eigenvalue weighted by Gasteiger charge is -2.24. The summed E-state index contributed by atoms with van der Waals surface area (Å²) in [5.74, 6) is 4.67. The van der Waals surface area contributed by atoms with Crippen LogP contribution in [0.25, 0.3) is 0 Å². The second-order valence-electron chi connectivity index (χ2n) is 5.04. The van der Waals surface area contributed by atoms with Crippen LogP contribution in [0.1, 0.15) is 0 Å². The van der Waals surface area contributed by atoms with Crippen LogP contribution < -0.4 is 20.3 Å². The summed E-state index contributed by atoms with van der Waals surface area (Å²) >= 11 is 0. The molecule has 0 aliphatic carbocycles.